The van der Waals surface area contributed by atoms with Crippen molar-refractivity contribution in [3.63, 3.8) is 0 Å². The number of H-pyrrole nitrogens is 1. The summed E-state index contributed by atoms with van der Waals surface area (Å²) in [5.41, 5.74) is 7.34. The Kier molecular flexibility index (Phi) is 5.58. The van der Waals surface area contributed by atoms with E-state index in [1.165, 1.54) is 30.5 Å². The van der Waals surface area contributed by atoms with E-state index in [2.05, 4.69) is 25.8 Å². The second-order valence-corrected chi connectivity index (χ2v) is 7.01. The van der Waals surface area contributed by atoms with Crippen LogP contribution in [0.3, 0.4) is 0 Å². The first kappa shape index (κ1) is 20.7. The van der Waals surface area contributed by atoms with E-state index in [9.17, 15) is 14.9 Å². The Labute approximate surface area is 182 Å². The van der Waals surface area contributed by atoms with Crippen molar-refractivity contribution < 1.29 is 9.72 Å². The van der Waals surface area contributed by atoms with Crippen molar-refractivity contribution in [3.05, 3.63) is 93.4 Å². The Hall–Kier alpha value is -4.60. The first-order valence-corrected chi connectivity index (χ1v) is 9.69. The molecule has 4 rings (SSSR count). The topological polar surface area (TPSA) is 131 Å². The standard InChI is InChI=1S/C22H19N7O3/c1-14-21(15(2)28(27-14)17-6-4-3-5-7-17)19-12-20(25-24-19)22(30)26-23-13-16-8-10-18(11-9-16)29(31)32/h3-13H,1-2H3,(H,24,25)(H,26,30)/b23-13-. The molecule has 2 N–H and O–H groups in total. The number of aromatic nitrogens is 4. The van der Waals surface area contributed by atoms with Crippen molar-refractivity contribution in [2.45, 2.75) is 13.8 Å². The van der Waals surface area contributed by atoms with Gasteiger partial charge in [-0.25, -0.2) is 10.1 Å². The normalized spacial score (nSPS) is 11.1. The van der Waals surface area contributed by atoms with Crippen LogP contribution >= 0.6 is 0 Å². The summed E-state index contributed by atoms with van der Waals surface area (Å²) in [6.07, 6.45) is 1.40. The average molecular weight is 429 g/mol. The van der Waals surface area contributed by atoms with Gasteiger partial charge in [-0.15, -0.1) is 0 Å². The molecule has 0 fully saturated rings. The number of hydrogen-bond donors (Lipinski definition) is 2. The lowest BCUT2D eigenvalue weighted by atomic mass is 10.1. The van der Waals surface area contributed by atoms with Gasteiger partial charge >= 0.3 is 0 Å². The summed E-state index contributed by atoms with van der Waals surface area (Å²) < 4.78 is 1.84. The lowest BCUT2D eigenvalue weighted by Crippen LogP contribution is -2.18. The summed E-state index contributed by atoms with van der Waals surface area (Å²) in [6.45, 7) is 3.84. The molecule has 10 heteroatoms. The van der Waals surface area contributed by atoms with E-state index in [0.29, 0.717) is 11.3 Å². The SMILES string of the molecule is Cc1nn(-c2ccccc2)c(C)c1-c1cc(C(=O)N/N=C\c2ccc([N+](=O)[O-])cc2)[nH]n1. The first-order valence-electron chi connectivity index (χ1n) is 9.69. The van der Waals surface area contributed by atoms with Gasteiger partial charge < -0.3 is 0 Å². The number of nitro groups is 1. The zero-order chi connectivity index (χ0) is 22.7. The van der Waals surface area contributed by atoms with E-state index in [4.69, 9.17) is 0 Å². The molecule has 10 nitrogen and oxygen atoms in total. The number of hydrogen-bond acceptors (Lipinski definition) is 6. The highest BCUT2D eigenvalue weighted by Gasteiger charge is 2.18. The van der Waals surface area contributed by atoms with Gasteiger partial charge in [-0.05, 0) is 49.7 Å². The highest BCUT2D eigenvalue weighted by atomic mass is 16.6. The highest BCUT2D eigenvalue weighted by molar-refractivity contribution is 5.94. The van der Waals surface area contributed by atoms with Crippen molar-refractivity contribution in [2.75, 3.05) is 0 Å². The summed E-state index contributed by atoms with van der Waals surface area (Å²) in [5, 5.41) is 26.2. The third-order valence-electron chi connectivity index (χ3n) is 4.85. The largest absolute Gasteiger partial charge is 0.289 e. The third kappa shape index (κ3) is 4.15. The van der Waals surface area contributed by atoms with Crippen molar-refractivity contribution in [3.8, 4) is 16.9 Å². The quantitative estimate of drug-likeness (QED) is 0.275. The van der Waals surface area contributed by atoms with Crippen molar-refractivity contribution in [2.24, 2.45) is 5.10 Å². The Morgan fingerprint density at radius 2 is 1.88 bits per heavy atom. The van der Waals surface area contributed by atoms with Gasteiger partial charge in [0.25, 0.3) is 11.6 Å². The minimum atomic E-state index is -0.481. The Bertz CT molecular complexity index is 1310. The van der Waals surface area contributed by atoms with Gasteiger partial charge in [0, 0.05) is 17.7 Å². The maximum Gasteiger partial charge on any atom is 0.289 e. The van der Waals surface area contributed by atoms with Gasteiger partial charge in [-0.1, -0.05) is 18.2 Å². The van der Waals surface area contributed by atoms with Crippen LogP contribution in [-0.4, -0.2) is 37.0 Å². The summed E-state index contributed by atoms with van der Waals surface area (Å²) in [5.74, 6) is -0.465. The molecule has 2 aromatic carbocycles. The fourth-order valence-electron chi connectivity index (χ4n) is 3.31. The van der Waals surface area contributed by atoms with E-state index in [1.54, 1.807) is 6.07 Å². The number of para-hydroxylation sites is 1. The molecule has 1 amide bonds. The number of benzene rings is 2. The van der Waals surface area contributed by atoms with Crippen molar-refractivity contribution >= 4 is 17.8 Å². The number of aromatic amines is 1. The monoisotopic (exact) mass is 429 g/mol. The minimum absolute atomic E-state index is 0.0163. The van der Waals surface area contributed by atoms with Gasteiger partial charge in [0.1, 0.15) is 5.69 Å². The molecule has 32 heavy (non-hydrogen) atoms. The van der Waals surface area contributed by atoms with Crippen molar-refractivity contribution in [1.82, 2.24) is 25.4 Å². The van der Waals surface area contributed by atoms with Crippen molar-refractivity contribution in [1.29, 1.82) is 0 Å². The maximum atomic E-state index is 12.4. The number of carbonyl (C=O) groups excluding carboxylic acids is 1. The number of nitrogens with zero attached hydrogens (tertiary/aromatic N) is 5. The predicted octanol–water partition coefficient (Wildman–Crippen LogP) is 3.55. The lowest BCUT2D eigenvalue weighted by Gasteiger charge is -2.04. The Morgan fingerprint density at radius 1 is 1.16 bits per heavy atom. The number of carbonyl (C=O) groups is 1. The van der Waals surface area contributed by atoms with Gasteiger partial charge in [0.15, 0.2) is 0 Å². The molecule has 2 aromatic heterocycles. The second kappa shape index (κ2) is 8.64. The number of non-ortho nitro benzene ring substituents is 1. The number of aryl methyl sites for hydroxylation is 1. The van der Waals surface area contributed by atoms with Crippen LogP contribution in [0.1, 0.15) is 27.4 Å². The van der Waals surface area contributed by atoms with Crippen LogP contribution in [0.2, 0.25) is 0 Å². The molecule has 4 aromatic rings. The second-order valence-electron chi connectivity index (χ2n) is 7.01. The van der Waals surface area contributed by atoms with E-state index in [0.717, 1.165) is 22.6 Å². The molecule has 160 valence electrons. The third-order valence-corrected chi connectivity index (χ3v) is 4.85. The van der Waals surface area contributed by atoms with E-state index < -0.39 is 10.8 Å². The molecule has 0 unspecified atom stereocenters. The van der Waals surface area contributed by atoms with E-state index in [1.807, 2.05) is 48.9 Å². The molecule has 0 bridgehead atoms. The molecule has 2 heterocycles. The van der Waals surface area contributed by atoms with Crippen LogP contribution in [0.15, 0.2) is 65.8 Å². The molecule has 0 saturated heterocycles. The van der Waals surface area contributed by atoms with Crippen LogP contribution in [0.4, 0.5) is 5.69 Å². The zero-order valence-corrected chi connectivity index (χ0v) is 17.3. The van der Waals surface area contributed by atoms with Crippen LogP contribution in [0, 0.1) is 24.0 Å². The van der Waals surface area contributed by atoms with Crippen LogP contribution in [0.5, 0.6) is 0 Å². The van der Waals surface area contributed by atoms with Gasteiger partial charge in [0.05, 0.1) is 33.9 Å². The summed E-state index contributed by atoms with van der Waals surface area (Å²) in [4.78, 5) is 22.6. The summed E-state index contributed by atoms with van der Waals surface area (Å²) >= 11 is 0. The van der Waals surface area contributed by atoms with Crippen LogP contribution in [0.25, 0.3) is 16.9 Å². The fourth-order valence-corrected chi connectivity index (χ4v) is 3.31. The van der Waals surface area contributed by atoms with Gasteiger partial charge in [-0.2, -0.15) is 15.3 Å². The molecule has 0 saturated carbocycles. The lowest BCUT2D eigenvalue weighted by molar-refractivity contribution is -0.384. The molecular weight excluding hydrogens is 410 g/mol. The number of hydrazone groups is 1. The Morgan fingerprint density at radius 3 is 2.56 bits per heavy atom. The van der Waals surface area contributed by atoms with Crippen LogP contribution in [-0.2, 0) is 0 Å². The number of nitro benzene ring substituents is 1. The molecule has 0 aliphatic carbocycles. The molecule has 0 spiro atoms. The highest BCUT2D eigenvalue weighted by Crippen LogP contribution is 2.27. The smallest absolute Gasteiger partial charge is 0.272 e. The molecule has 0 atom stereocenters. The maximum absolute atomic E-state index is 12.4. The molecule has 0 radical (unpaired) electrons. The summed E-state index contributed by atoms with van der Waals surface area (Å²) in [7, 11) is 0. The Balaban J connectivity index is 1.48. The van der Waals surface area contributed by atoms with Crippen LogP contribution < -0.4 is 5.43 Å². The zero-order valence-electron chi connectivity index (χ0n) is 17.3. The first-order chi connectivity index (χ1) is 15.4. The van der Waals surface area contributed by atoms with Gasteiger partial charge in [0.2, 0.25) is 0 Å². The van der Waals surface area contributed by atoms with E-state index >= 15 is 0 Å². The number of amides is 1. The number of nitrogens with one attached hydrogen (secondary N) is 2. The molecular formula is C22H19N7O3. The fraction of sp³-hybridized carbons (Fsp3) is 0.0909. The predicted molar refractivity (Wildman–Crippen MR) is 119 cm³/mol. The number of rotatable bonds is 6. The molecule has 0 aliphatic heterocycles. The van der Waals surface area contributed by atoms with Gasteiger partial charge in [-0.3, -0.25) is 20.0 Å². The molecule has 0 aliphatic rings. The minimum Gasteiger partial charge on any atom is -0.272 e. The average Bonchev–Trinajstić information content (AvgIpc) is 3.39. The summed E-state index contributed by atoms with van der Waals surface area (Å²) in [6, 6.07) is 17.2. The van der Waals surface area contributed by atoms with E-state index in [-0.39, 0.29) is 11.4 Å².